The molecule has 0 heterocycles. The first kappa shape index (κ1) is 21.9. The van der Waals surface area contributed by atoms with E-state index in [1.807, 2.05) is 0 Å². The molecule has 7 nitrogen and oxygen atoms in total. The summed E-state index contributed by atoms with van der Waals surface area (Å²) in [5, 5.41) is 25.8. The van der Waals surface area contributed by atoms with Crippen LogP contribution in [0.1, 0.15) is 27.2 Å². The third kappa shape index (κ3) is 12.6. The van der Waals surface area contributed by atoms with Crippen LogP contribution in [-0.4, -0.2) is 45.9 Å². The van der Waals surface area contributed by atoms with Crippen LogP contribution in [0.25, 0.3) is 0 Å². The topological polar surface area (TPSA) is 121 Å². The van der Waals surface area contributed by atoms with Crippen molar-refractivity contribution in [2.24, 2.45) is 0 Å². The third-order valence-corrected chi connectivity index (χ3v) is 2.15. The number of carbonyl (C=O) groups excluding carboxylic acids is 1. The Morgan fingerprint density at radius 2 is 1.50 bits per heavy atom. The number of carboxylic acids is 2. The number of carbonyl (C=O) groups is 3. The molecule has 0 bridgehead atoms. The van der Waals surface area contributed by atoms with E-state index >= 15 is 0 Å². The van der Waals surface area contributed by atoms with Gasteiger partial charge in [0, 0.05) is 16.7 Å². The molecule has 0 aromatic heterocycles. The lowest BCUT2D eigenvalue weighted by molar-refractivity contribution is -0.142. The van der Waals surface area contributed by atoms with E-state index in [2.05, 4.69) is 13.2 Å². The molecule has 0 fully saturated rings. The Hall–Kier alpha value is -2.41. The van der Waals surface area contributed by atoms with Gasteiger partial charge in [0.25, 0.3) is 0 Å². The number of aliphatic hydroxyl groups is 1. The van der Waals surface area contributed by atoms with Gasteiger partial charge in [0.05, 0.1) is 6.10 Å². The van der Waals surface area contributed by atoms with Crippen molar-refractivity contribution in [1.29, 1.82) is 0 Å². The first-order valence-corrected chi connectivity index (χ1v) is 6.28. The molecule has 0 aromatic carbocycles. The molecule has 0 amide bonds. The van der Waals surface area contributed by atoms with E-state index in [-0.39, 0.29) is 29.7 Å². The van der Waals surface area contributed by atoms with Crippen LogP contribution in [0.3, 0.4) is 0 Å². The third-order valence-electron chi connectivity index (χ3n) is 2.15. The number of hydrogen-bond donors (Lipinski definition) is 3. The lowest BCUT2D eigenvalue weighted by atomic mass is 10.2. The Kier molecular flexibility index (Phi) is 11.2. The fourth-order valence-electron chi connectivity index (χ4n) is 0.763. The summed E-state index contributed by atoms with van der Waals surface area (Å²) in [7, 11) is 0. The Balaban J connectivity index is 0. The molecule has 0 saturated heterocycles. The van der Waals surface area contributed by atoms with Gasteiger partial charge in [0.2, 0.25) is 0 Å². The van der Waals surface area contributed by atoms with Crippen molar-refractivity contribution in [2.75, 3.05) is 6.61 Å². The summed E-state index contributed by atoms with van der Waals surface area (Å²) < 4.78 is 4.69. The van der Waals surface area contributed by atoms with Gasteiger partial charge in [0.15, 0.2) is 0 Å². The van der Waals surface area contributed by atoms with Crippen molar-refractivity contribution in [3.05, 3.63) is 36.0 Å². The van der Waals surface area contributed by atoms with Gasteiger partial charge >= 0.3 is 17.9 Å². The van der Waals surface area contributed by atoms with Crippen molar-refractivity contribution in [1.82, 2.24) is 0 Å². The molecule has 22 heavy (non-hydrogen) atoms. The molecule has 3 N–H and O–H groups in total. The Morgan fingerprint density at radius 3 is 1.82 bits per heavy atom. The first-order chi connectivity index (χ1) is 9.98. The number of carboxylic acid groups (broad SMARTS) is 2. The monoisotopic (exact) mass is 314 g/mol. The number of hydrogen-bond acceptors (Lipinski definition) is 5. The summed E-state index contributed by atoms with van der Waals surface area (Å²) in [6, 6.07) is 0. The Bertz CT molecular complexity index is 462. The first-order valence-electron chi connectivity index (χ1n) is 6.28. The number of aliphatic carboxylic acids is 2. The molecule has 0 aliphatic heterocycles. The van der Waals surface area contributed by atoms with Crippen molar-refractivity contribution >= 4 is 17.9 Å². The second-order valence-electron chi connectivity index (χ2n) is 4.55. The second kappa shape index (κ2) is 11.3. The highest BCUT2D eigenvalue weighted by Gasteiger charge is 2.09. The van der Waals surface area contributed by atoms with Crippen LogP contribution in [0, 0.1) is 0 Å². The van der Waals surface area contributed by atoms with Crippen LogP contribution in [0.4, 0.5) is 0 Å². The van der Waals surface area contributed by atoms with E-state index in [1.54, 1.807) is 0 Å². The zero-order valence-electron chi connectivity index (χ0n) is 13.0. The summed E-state index contributed by atoms with van der Waals surface area (Å²) in [6.07, 6.45) is 0.598. The summed E-state index contributed by atoms with van der Waals surface area (Å²) in [4.78, 5) is 31.0. The van der Waals surface area contributed by atoms with Gasteiger partial charge in [-0.3, -0.25) is 0 Å². The smallest absolute Gasteiger partial charge is 0.333 e. The van der Waals surface area contributed by atoms with Crippen molar-refractivity contribution in [3.63, 3.8) is 0 Å². The quantitative estimate of drug-likeness (QED) is 0.481. The van der Waals surface area contributed by atoms with E-state index in [1.165, 1.54) is 26.8 Å². The lowest BCUT2D eigenvalue weighted by Crippen LogP contribution is -2.18. The normalized spacial score (nSPS) is 11.5. The fourth-order valence-corrected chi connectivity index (χ4v) is 0.763. The van der Waals surface area contributed by atoms with Gasteiger partial charge in [-0.15, -0.1) is 0 Å². The lowest BCUT2D eigenvalue weighted by Gasteiger charge is -2.09. The Morgan fingerprint density at radius 1 is 1.05 bits per heavy atom. The van der Waals surface area contributed by atoms with Gasteiger partial charge in [-0.1, -0.05) is 19.2 Å². The molecule has 1 atom stereocenters. The van der Waals surface area contributed by atoms with Crippen LogP contribution < -0.4 is 0 Å². The Labute approximate surface area is 129 Å². The minimum atomic E-state index is -1.04. The van der Waals surface area contributed by atoms with Crippen LogP contribution in [0.15, 0.2) is 36.0 Å². The van der Waals surface area contributed by atoms with Gasteiger partial charge in [0.1, 0.15) is 6.61 Å². The highest BCUT2D eigenvalue weighted by Crippen LogP contribution is 2.01. The molecule has 124 valence electrons. The maximum absolute atomic E-state index is 11.0. The van der Waals surface area contributed by atoms with Crippen molar-refractivity contribution < 1.29 is 34.4 Å². The van der Waals surface area contributed by atoms with Gasteiger partial charge in [-0.25, -0.2) is 14.4 Å². The zero-order valence-corrected chi connectivity index (χ0v) is 13.0. The summed E-state index contributed by atoms with van der Waals surface area (Å²) in [6.45, 7) is 10.7. The molecule has 0 aliphatic carbocycles. The molecular formula is C15H22O7. The zero-order chi connectivity index (χ0) is 17.9. The highest BCUT2D eigenvalue weighted by molar-refractivity contribution is 5.87. The summed E-state index contributed by atoms with van der Waals surface area (Å²) in [5.74, 6) is -2.54. The molecule has 7 heteroatoms. The number of rotatable bonds is 7. The predicted molar refractivity (Wildman–Crippen MR) is 80.2 cm³/mol. The minimum absolute atomic E-state index is 0.127. The van der Waals surface area contributed by atoms with Gasteiger partial charge in [-0.05, 0) is 27.2 Å². The number of esters is 1. The summed E-state index contributed by atoms with van der Waals surface area (Å²) >= 11 is 0. The van der Waals surface area contributed by atoms with Gasteiger partial charge < -0.3 is 20.1 Å². The molecule has 0 aromatic rings. The number of aliphatic hydroxyl groups excluding tert-OH is 1. The molecular weight excluding hydrogens is 292 g/mol. The summed E-state index contributed by atoms with van der Waals surface area (Å²) in [5.41, 5.74) is 0.574. The van der Waals surface area contributed by atoms with E-state index in [0.29, 0.717) is 0 Å². The average Bonchev–Trinajstić information content (AvgIpc) is 2.42. The molecule has 0 spiro atoms. The standard InChI is InChI=1S/C11H16O5.C4H6O2/c1-7(2)11(15)16-6-9(12)5-4-8(3)10(13)14;1-3(2)4(5)6/h4,9,12H,1,5-6H2,2-3H3,(H,13,14);1H2,2H3,(H,5,6). The largest absolute Gasteiger partial charge is 0.478 e. The predicted octanol–water partition coefficient (Wildman–Crippen LogP) is 1.53. The van der Waals surface area contributed by atoms with Crippen LogP contribution in [-0.2, 0) is 19.1 Å². The molecule has 0 aliphatic rings. The number of ether oxygens (including phenoxy) is 1. The van der Waals surface area contributed by atoms with Gasteiger partial charge in [-0.2, -0.15) is 0 Å². The van der Waals surface area contributed by atoms with Crippen LogP contribution in [0.2, 0.25) is 0 Å². The maximum atomic E-state index is 11.0. The van der Waals surface area contributed by atoms with Crippen LogP contribution in [0.5, 0.6) is 0 Å². The van der Waals surface area contributed by atoms with E-state index < -0.39 is 24.0 Å². The minimum Gasteiger partial charge on any atom is -0.478 e. The van der Waals surface area contributed by atoms with E-state index in [0.717, 1.165) is 0 Å². The van der Waals surface area contributed by atoms with Crippen molar-refractivity contribution in [3.8, 4) is 0 Å². The molecule has 0 radical (unpaired) electrons. The molecule has 1 unspecified atom stereocenters. The molecule has 0 rings (SSSR count). The molecule has 0 saturated carbocycles. The average molecular weight is 314 g/mol. The van der Waals surface area contributed by atoms with Crippen LogP contribution >= 0.6 is 0 Å². The maximum Gasteiger partial charge on any atom is 0.333 e. The SMILES string of the molecule is C=C(C)C(=O)O.C=C(C)C(=O)OCC(O)CC=C(C)C(=O)O. The van der Waals surface area contributed by atoms with Crippen molar-refractivity contribution in [2.45, 2.75) is 33.3 Å². The van der Waals surface area contributed by atoms with E-state index in [9.17, 15) is 19.5 Å². The van der Waals surface area contributed by atoms with E-state index in [4.69, 9.17) is 14.9 Å². The highest BCUT2D eigenvalue weighted by atomic mass is 16.5. The second-order valence-corrected chi connectivity index (χ2v) is 4.55. The fraction of sp³-hybridized carbons (Fsp3) is 0.400.